The summed E-state index contributed by atoms with van der Waals surface area (Å²) in [5, 5.41) is 3.28. The lowest BCUT2D eigenvalue weighted by molar-refractivity contribution is -0.00481. The standard InChI is InChI=1S/C11H23NO2/c1-8(2)14-7-10(12-3)11(13-4)9-5-6-9/h8-12H,5-7H2,1-4H3. The van der Waals surface area contributed by atoms with Crippen LogP contribution in [0.3, 0.4) is 0 Å². The van der Waals surface area contributed by atoms with Crippen LogP contribution in [-0.2, 0) is 9.47 Å². The van der Waals surface area contributed by atoms with Crippen molar-refractivity contribution in [2.75, 3.05) is 20.8 Å². The number of methoxy groups -OCH3 is 1. The molecule has 3 heteroatoms. The zero-order chi connectivity index (χ0) is 10.6. The Bertz CT molecular complexity index is 157. The Labute approximate surface area is 87.2 Å². The minimum absolute atomic E-state index is 0.294. The van der Waals surface area contributed by atoms with Gasteiger partial charge in [-0.05, 0) is 39.7 Å². The quantitative estimate of drug-likeness (QED) is 0.676. The van der Waals surface area contributed by atoms with Crippen molar-refractivity contribution in [2.45, 2.75) is 44.9 Å². The van der Waals surface area contributed by atoms with Gasteiger partial charge in [-0.1, -0.05) is 0 Å². The molecule has 0 radical (unpaired) electrons. The number of likely N-dealkylation sites (N-methyl/N-ethyl adjacent to an activating group) is 1. The first kappa shape index (κ1) is 12.0. The van der Waals surface area contributed by atoms with Crippen LogP contribution in [0.25, 0.3) is 0 Å². The van der Waals surface area contributed by atoms with Crippen LogP contribution < -0.4 is 5.32 Å². The molecule has 1 aliphatic rings. The number of hydrogen-bond donors (Lipinski definition) is 1. The minimum atomic E-state index is 0.294. The summed E-state index contributed by atoms with van der Waals surface area (Å²) < 4.78 is 11.1. The van der Waals surface area contributed by atoms with Gasteiger partial charge >= 0.3 is 0 Å². The Balaban J connectivity index is 2.33. The molecule has 0 saturated heterocycles. The van der Waals surface area contributed by atoms with Gasteiger partial charge in [0.25, 0.3) is 0 Å². The van der Waals surface area contributed by atoms with Crippen molar-refractivity contribution in [3.05, 3.63) is 0 Å². The van der Waals surface area contributed by atoms with Gasteiger partial charge in [0.2, 0.25) is 0 Å². The molecule has 0 aliphatic heterocycles. The molecule has 3 nitrogen and oxygen atoms in total. The van der Waals surface area contributed by atoms with Crippen LogP contribution in [0.2, 0.25) is 0 Å². The predicted molar refractivity (Wildman–Crippen MR) is 57.5 cm³/mol. The van der Waals surface area contributed by atoms with Crippen molar-refractivity contribution in [3.8, 4) is 0 Å². The molecule has 2 unspecified atom stereocenters. The van der Waals surface area contributed by atoms with E-state index in [1.807, 2.05) is 7.05 Å². The van der Waals surface area contributed by atoms with Crippen LogP contribution in [0.15, 0.2) is 0 Å². The van der Waals surface area contributed by atoms with Crippen LogP contribution >= 0.6 is 0 Å². The van der Waals surface area contributed by atoms with Crippen molar-refractivity contribution in [3.63, 3.8) is 0 Å². The summed E-state index contributed by atoms with van der Waals surface area (Å²) in [5.41, 5.74) is 0. The smallest absolute Gasteiger partial charge is 0.0774 e. The Morgan fingerprint density at radius 1 is 1.36 bits per heavy atom. The molecule has 1 aliphatic carbocycles. The second kappa shape index (κ2) is 5.69. The molecule has 2 atom stereocenters. The maximum Gasteiger partial charge on any atom is 0.0774 e. The molecule has 0 spiro atoms. The first-order chi connectivity index (χ1) is 6.69. The van der Waals surface area contributed by atoms with Gasteiger partial charge < -0.3 is 14.8 Å². The summed E-state index contributed by atoms with van der Waals surface area (Å²) in [6, 6.07) is 0.329. The minimum Gasteiger partial charge on any atom is -0.379 e. The van der Waals surface area contributed by atoms with Gasteiger partial charge in [-0.3, -0.25) is 0 Å². The highest BCUT2D eigenvalue weighted by Crippen LogP contribution is 2.35. The molecule has 14 heavy (non-hydrogen) atoms. The lowest BCUT2D eigenvalue weighted by atomic mass is 10.1. The summed E-state index contributed by atoms with van der Waals surface area (Å²) in [4.78, 5) is 0. The summed E-state index contributed by atoms with van der Waals surface area (Å²) >= 11 is 0. The van der Waals surface area contributed by atoms with Crippen LogP contribution in [-0.4, -0.2) is 39.0 Å². The van der Waals surface area contributed by atoms with E-state index in [4.69, 9.17) is 9.47 Å². The number of rotatable bonds is 7. The van der Waals surface area contributed by atoms with E-state index in [0.29, 0.717) is 18.2 Å². The maximum absolute atomic E-state index is 5.61. The van der Waals surface area contributed by atoms with Gasteiger partial charge in [0.15, 0.2) is 0 Å². The fourth-order valence-corrected chi connectivity index (χ4v) is 1.75. The SMILES string of the molecule is CNC(COC(C)C)C(OC)C1CC1. The van der Waals surface area contributed by atoms with Gasteiger partial charge in [0.05, 0.1) is 24.9 Å². The van der Waals surface area contributed by atoms with E-state index in [0.717, 1.165) is 12.5 Å². The summed E-state index contributed by atoms with van der Waals surface area (Å²) in [7, 11) is 3.77. The molecule has 1 rings (SSSR count). The molecule has 1 N–H and O–H groups in total. The molecule has 0 aromatic carbocycles. The maximum atomic E-state index is 5.61. The molecule has 0 heterocycles. The lowest BCUT2D eigenvalue weighted by Gasteiger charge is -2.26. The van der Waals surface area contributed by atoms with Crippen molar-refractivity contribution >= 4 is 0 Å². The first-order valence-corrected chi connectivity index (χ1v) is 5.50. The molecular formula is C11H23NO2. The van der Waals surface area contributed by atoms with Gasteiger partial charge in [-0.2, -0.15) is 0 Å². The van der Waals surface area contributed by atoms with E-state index in [2.05, 4.69) is 19.2 Å². The van der Waals surface area contributed by atoms with Crippen LogP contribution in [0.1, 0.15) is 26.7 Å². The van der Waals surface area contributed by atoms with Gasteiger partial charge in [-0.15, -0.1) is 0 Å². The highest BCUT2D eigenvalue weighted by Gasteiger charge is 2.36. The van der Waals surface area contributed by atoms with Gasteiger partial charge in [0.1, 0.15) is 0 Å². The molecule has 0 bridgehead atoms. The Hall–Kier alpha value is -0.120. The molecule has 0 amide bonds. The Morgan fingerprint density at radius 2 is 2.00 bits per heavy atom. The molecule has 0 aromatic heterocycles. The summed E-state index contributed by atoms with van der Waals surface area (Å²) in [6.45, 7) is 4.86. The van der Waals surface area contributed by atoms with E-state index < -0.39 is 0 Å². The number of nitrogens with one attached hydrogen (secondary N) is 1. The average Bonchev–Trinajstić information content (AvgIpc) is 2.95. The molecule has 1 fully saturated rings. The molecule has 0 aromatic rings. The van der Waals surface area contributed by atoms with E-state index in [1.54, 1.807) is 7.11 Å². The van der Waals surface area contributed by atoms with Crippen molar-refractivity contribution in [1.82, 2.24) is 5.32 Å². The normalized spacial score (nSPS) is 21.2. The highest BCUT2D eigenvalue weighted by molar-refractivity contribution is 4.89. The highest BCUT2D eigenvalue weighted by atomic mass is 16.5. The number of hydrogen-bond acceptors (Lipinski definition) is 3. The average molecular weight is 201 g/mol. The zero-order valence-electron chi connectivity index (χ0n) is 9.75. The zero-order valence-corrected chi connectivity index (χ0v) is 9.75. The molecule has 84 valence electrons. The monoisotopic (exact) mass is 201 g/mol. The van der Waals surface area contributed by atoms with Crippen LogP contribution in [0, 0.1) is 5.92 Å². The first-order valence-electron chi connectivity index (χ1n) is 5.50. The van der Waals surface area contributed by atoms with Crippen LogP contribution in [0.4, 0.5) is 0 Å². The third-order valence-electron chi connectivity index (χ3n) is 2.74. The van der Waals surface area contributed by atoms with Crippen molar-refractivity contribution in [1.29, 1.82) is 0 Å². The predicted octanol–water partition coefficient (Wildman–Crippen LogP) is 1.42. The second-order valence-electron chi connectivity index (χ2n) is 4.32. The van der Waals surface area contributed by atoms with Gasteiger partial charge in [-0.25, -0.2) is 0 Å². The van der Waals surface area contributed by atoms with E-state index >= 15 is 0 Å². The lowest BCUT2D eigenvalue weighted by Crippen LogP contribution is -2.44. The fraction of sp³-hybridized carbons (Fsp3) is 1.00. The third-order valence-corrected chi connectivity index (χ3v) is 2.74. The fourth-order valence-electron chi connectivity index (χ4n) is 1.75. The van der Waals surface area contributed by atoms with E-state index in [9.17, 15) is 0 Å². The molecular weight excluding hydrogens is 178 g/mol. The second-order valence-corrected chi connectivity index (χ2v) is 4.32. The Morgan fingerprint density at radius 3 is 2.36 bits per heavy atom. The summed E-state index contributed by atoms with van der Waals surface area (Å²) in [5.74, 6) is 0.744. The van der Waals surface area contributed by atoms with E-state index in [1.165, 1.54) is 12.8 Å². The van der Waals surface area contributed by atoms with Crippen molar-refractivity contribution in [2.24, 2.45) is 5.92 Å². The number of ether oxygens (including phenoxy) is 2. The summed E-state index contributed by atoms with van der Waals surface area (Å²) in [6.07, 6.45) is 3.22. The van der Waals surface area contributed by atoms with Crippen molar-refractivity contribution < 1.29 is 9.47 Å². The third kappa shape index (κ3) is 3.56. The van der Waals surface area contributed by atoms with Crippen LogP contribution in [0.5, 0.6) is 0 Å². The largest absolute Gasteiger partial charge is 0.379 e. The topological polar surface area (TPSA) is 30.5 Å². The molecule has 1 saturated carbocycles. The Kier molecular flexibility index (Phi) is 4.85. The van der Waals surface area contributed by atoms with Gasteiger partial charge in [0, 0.05) is 7.11 Å². The van der Waals surface area contributed by atoms with E-state index in [-0.39, 0.29) is 0 Å².